The van der Waals surface area contributed by atoms with Crippen LogP contribution in [0.1, 0.15) is 46.9 Å². The lowest BCUT2D eigenvalue weighted by Crippen LogP contribution is -2.25. The van der Waals surface area contributed by atoms with Crippen LogP contribution in [0.5, 0.6) is 5.75 Å². The molecule has 1 heterocycles. The standard InChI is InChI=1S/C19H22ClN3O3/c1-3-4-5-8-22-18(24)13-9-14(12-21-11-13)19(25)23-15-6-7-17(26-2)16(20)10-15/h6-7,9-12H,3-5,8H2,1-2H3,(H,22,24)(H,23,25). The molecule has 6 nitrogen and oxygen atoms in total. The molecule has 0 radical (unpaired) electrons. The SMILES string of the molecule is CCCCCNC(=O)c1cncc(C(=O)Nc2ccc(OC)c(Cl)c2)c1. The maximum absolute atomic E-state index is 12.4. The van der Waals surface area contributed by atoms with E-state index in [-0.39, 0.29) is 17.4 Å². The lowest BCUT2D eigenvalue weighted by molar-refractivity contribution is 0.0952. The first-order chi connectivity index (χ1) is 12.5. The Kier molecular flexibility index (Phi) is 7.41. The largest absolute Gasteiger partial charge is 0.495 e. The summed E-state index contributed by atoms with van der Waals surface area (Å²) in [5.74, 6) is -0.0943. The van der Waals surface area contributed by atoms with Crippen molar-refractivity contribution in [3.05, 3.63) is 52.8 Å². The second kappa shape index (κ2) is 9.77. The molecule has 2 aromatic rings. The van der Waals surface area contributed by atoms with Gasteiger partial charge in [-0.15, -0.1) is 0 Å². The predicted molar refractivity (Wildman–Crippen MR) is 102 cm³/mol. The van der Waals surface area contributed by atoms with Crippen molar-refractivity contribution in [2.45, 2.75) is 26.2 Å². The Morgan fingerprint density at radius 1 is 1.12 bits per heavy atom. The Labute approximate surface area is 157 Å². The summed E-state index contributed by atoms with van der Waals surface area (Å²) in [6.45, 7) is 2.71. The van der Waals surface area contributed by atoms with Crippen LogP contribution in [0.15, 0.2) is 36.7 Å². The average Bonchev–Trinajstić information content (AvgIpc) is 2.65. The summed E-state index contributed by atoms with van der Waals surface area (Å²) in [6.07, 6.45) is 5.92. The van der Waals surface area contributed by atoms with E-state index in [1.807, 2.05) is 0 Å². The van der Waals surface area contributed by atoms with Crippen LogP contribution in [-0.2, 0) is 0 Å². The molecule has 1 aromatic carbocycles. The van der Waals surface area contributed by atoms with Crippen molar-refractivity contribution in [1.29, 1.82) is 0 Å². The Balaban J connectivity index is 2.03. The fourth-order valence-corrected chi connectivity index (χ4v) is 2.57. The number of anilines is 1. The number of ether oxygens (including phenoxy) is 1. The first kappa shape index (κ1) is 19.7. The van der Waals surface area contributed by atoms with Crippen LogP contribution in [-0.4, -0.2) is 30.5 Å². The zero-order valence-corrected chi connectivity index (χ0v) is 15.6. The molecule has 138 valence electrons. The van der Waals surface area contributed by atoms with Gasteiger partial charge < -0.3 is 15.4 Å². The molecule has 0 bridgehead atoms. The van der Waals surface area contributed by atoms with E-state index < -0.39 is 0 Å². The highest BCUT2D eigenvalue weighted by Gasteiger charge is 2.12. The first-order valence-electron chi connectivity index (χ1n) is 8.43. The number of nitrogens with zero attached hydrogens (tertiary/aromatic N) is 1. The Bertz CT molecular complexity index is 780. The fraction of sp³-hybridized carbons (Fsp3) is 0.316. The number of amides is 2. The number of methoxy groups -OCH3 is 1. The number of pyridine rings is 1. The van der Waals surface area contributed by atoms with Crippen LogP contribution in [0.25, 0.3) is 0 Å². The zero-order valence-electron chi connectivity index (χ0n) is 14.8. The van der Waals surface area contributed by atoms with Crippen LogP contribution in [0, 0.1) is 0 Å². The minimum atomic E-state index is -0.376. The number of halogens is 1. The van der Waals surface area contributed by atoms with E-state index in [4.69, 9.17) is 16.3 Å². The van der Waals surface area contributed by atoms with E-state index in [2.05, 4.69) is 22.5 Å². The van der Waals surface area contributed by atoms with Crippen LogP contribution < -0.4 is 15.4 Å². The number of hydrogen-bond acceptors (Lipinski definition) is 4. The highest BCUT2D eigenvalue weighted by molar-refractivity contribution is 6.32. The summed E-state index contributed by atoms with van der Waals surface area (Å²) in [7, 11) is 1.52. The van der Waals surface area contributed by atoms with Crippen molar-refractivity contribution >= 4 is 29.1 Å². The Morgan fingerprint density at radius 3 is 2.50 bits per heavy atom. The zero-order chi connectivity index (χ0) is 18.9. The number of carbonyl (C=O) groups is 2. The van der Waals surface area contributed by atoms with Gasteiger partial charge in [0.2, 0.25) is 0 Å². The van der Waals surface area contributed by atoms with Crippen molar-refractivity contribution in [2.75, 3.05) is 19.0 Å². The molecule has 0 saturated carbocycles. The van der Waals surface area contributed by atoms with Crippen molar-refractivity contribution in [3.63, 3.8) is 0 Å². The third kappa shape index (κ3) is 5.46. The van der Waals surface area contributed by atoms with Crippen molar-refractivity contribution in [3.8, 4) is 5.75 Å². The van der Waals surface area contributed by atoms with Crippen molar-refractivity contribution in [1.82, 2.24) is 10.3 Å². The molecule has 0 atom stereocenters. The van der Waals surface area contributed by atoms with E-state index in [0.717, 1.165) is 19.3 Å². The minimum absolute atomic E-state index is 0.240. The molecule has 1 aromatic heterocycles. The molecule has 0 unspecified atom stereocenters. The monoisotopic (exact) mass is 375 g/mol. The predicted octanol–water partition coefficient (Wildman–Crippen LogP) is 3.92. The van der Waals surface area contributed by atoms with Gasteiger partial charge >= 0.3 is 0 Å². The second-order valence-corrected chi connectivity index (χ2v) is 6.14. The summed E-state index contributed by atoms with van der Waals surface area (Å²) in [5.41, 5.74) is 1.16. The molecule has 0 aliphatic heterocycles. The topological polar surface area (TPSA) is 80.3 Å². The molecule has 2 N–H and O–H groups in total. The quantitative estimate of drug-likeness (QED) is 0.685. The fourth-order valence-electron chi connectivity index (χ4n) is 2.31. The number of nitrogens with one attached hydrogen (secondary N) is 2. The average molecular weight is 376 g/mol. The molecule has 2 rings (SSSR count). The Hall–Kier alpha value is -2.60. The summed E-state index contributed by atoms with van der Waals surface area (Å²) >= 11 is 6.06. The van der Waals surface area contributed by atoms with Gasteiger partial charge in [-0.2, -0.15) is 0 Å². The smallest absolute Gasteiger partial charge is 0.257 e. The minimum Gasteiger partial charge on any atom is -0.495 e. The number of benzene rings is 1. The van der Waals surface area contributed by atoms with Crippen LogP contribution in [0.3, 0.4) is 0 Å². The van der Waals surface area contributed by atoms with Gasteiger partial charge in [-0.1, -0.05) is 31.4 Å². The maximum Gasteiger partial charge on any atom is 0.257 e. The summed E-state index contributed by atoms with van der Waals surface area (Å²) in [6, 6.07) is 6.45. The Morgan fingerprint density at radius 2 is 1.85 bits per heavy atom. The van der Waals surface area contributed by atoms with Crippen molar-refractivity contribution < 1.29 is 14.3 Å². The normalized spacial score (nSPS) is 10.3. The van der Waals surface area contributed by atoms with Gasteiger partial charge in [0.25, 0.3) is 11.8 Å². The van der Waals surface area contributed by atoms with Gasteiger partial charge in [0.05, 0.1) is 23.3 Å². The molecule has 0 fully saturated rings. The van der Waals surface area contributed by atoms with E-state index in [0.29, 0.717) is 28.6 Å². The molecule has 0 aliphatic carbocycles. The molecule has 26 heavy (non-hydrogen) atoms. The van der Waals surface area contributed by atoms with Crippen LogP contribution >= 0.6 is 11.6 Å². The van der Waals surface area contributed by atoms with E-state index in [9.17, 15) is 9.59 Å². The molecule has 0 spiro atoms. The highest BCUT2D eigenvalue weighted by atomic mass is 35.5. The number of rotatable bonds is 8. The second-order valence-electron chi connectivity index (χ2n) is 5.73. The first-order valence-corrected chi connectivity index (χ1v) is 8.81. The van der Waals surface area contributed by atoms with E-state index >= 15 is 0 Å². The van der Waals surface area contributed by atoms with Gasteiger partial charge in [0.1, 0.15) is 5.75 Å². The van der Waals surface area contributed by atoms with Crippen LogP contribution in [0.2, 0.25) is 5.02 Å². The molecular weight excluding hydrogens is 354 g/mol. The van der Waals surface area contributed by atoms with Crippen LogP contribution in [0.4, 0.5) is 5.69 Å². The number of carbonyl (C=O) groups excluding carboxylic acids is 2. The molecule has 0 aliphatic rings. The maximum atomic E-state index is 12.4. The lowest BCUT2D eigenvalue weighted by atomic mass is 10.1. The third-order valence-corrected chi connectivity index (χ3v) is 4.03. The summed E-state index contributed by atoms with van der Waals surface area (Å²) < 4.78 is 5.08. The number of aromatic nitrogens is 1. The summed E-state index contributed by atoms with van der Waals surface area (Å²) in [5, 5.41) is 5.95. The summed E-state index contributed by atoms with van der Waals surface area (Å²) in [4.78, 5) is 28.5. The molecular formula is C19H22ClN3O3. The third-order valence-electron chi connectivity index (χ3n) is 3.74. The van der Waals surface area contributed by atoms with E-state index in [1.165, 1.54) is 25.6 Å². The van der Waals surface area contributed by atoms with Gasteiger partial charge in [-0.3, -0.25) is 14.6 Å². The van der Waals surface area contributed by atoms with Crippen molar-refractivity contribution in [2.24, 2.45) is 0 Å². The molecule has 2 amide bonds. The van der Waals surface area contributed by atoms with E-state index in [1.54, 1.807) is 18.2 Å². The van der Waals surface area contributed by atoms with Gasteiger partial charge in [0, 0.05) is 24.6 Å². The molecule has 0 saturated heterocycles. The van der Waals surface area contributed by atoms with Gasteiger partial charge in [-0.25, -0.2) is 0 Å². The molecule has 7 heteroatoms. The lowest BCUT2D eigenvalue weighted by Gasteiger charge is -2.09. The van der Waals surface area contributed by atoms with Gasteiger partial charge in [-0.05, 0) is 30.7 Å². The number of hydrogen-bond donors (Lipinski definition) is 2. The van der Waals surface area contributed by atoms with Gasteiger partial charge in [0.15, 0.2) is 0 Å². The highest BCUT2D eigenvalue weighted by Crippen LogP contribution is 2.27. The number of unbranched alkanes of at least 4 members (excludes halogenated alkanes) is 2.